The molecule has 61 heavy (non-hydrogen) atoms. The SMILES string of the molecule is CC1(C)CCC(C)(C)c2c(-c3cc4c(cc3N(c3ccccc3)c3cccc5c3-c3ccccc3C5(C)C)C(c3ccccc3)(c3ccccc3)c3ccccc3-4)cccc21. The van der Waals surface area contributed by atoms with Crippen LogP contribution in [0.1, 0.15) is 98.9 Å². The van der Waals surface area contributed by atoms with Crippen LogP contribution in [0.25, 0.3) is 33.4 Å². The molecule has 8 aromatic carbocycles. The van der Waals surface area contributed by atoms with Gasteiger partial charge in [0.2, 0.25) is 0 Å². The molecule has 1 heteroatoms. The highest BCUT2D eigenvalue weighted by Crippen LogP contribution is 2.61. The van der Waals surface area contributed by atoms with Gasteiger partial charge >= 0.3 is 0 Å². The van der Waals surface area contributed by atoms with E-state index in [1.165, 1.54) is 95.7 Å². The predicted molar refractivity (Wildman–Crippen MR) is 257 cm³/mol. The molecule has 0 amide bonds. The second kappa shape index (κ2) is 13.5. The van der Waals surface area contributed by atoms with Crippen LogP contribution in [-0.4, -0.2) is 0 Å². The summed E-state index contributed by atoms with van der Waals surface area (Å²) in [4.78, 5) is 2.61. The lowest BCUT2D eigenvalue weighted by molar-refractivity contribution is 0.333. The molecule has 0 aliphatic heterocycles. The second-order valence-corrected chi connectivity index (χ2v) is 19.5. The quantitative estimate of drug-likeness (QED) is 0.162. The lowest BCUT2D eigenvalue weighted by atomic mass is 9.61. The Hall–Kier alpha value is -6.44. The number of fused-ring (bicyclic) bond motifs is 7. The highest BCUT2D eigenvalue weighted by Gasteiger charge is 2.48. The molecular formula is C60H53N. The van der Waals surface area contributed by atoms with Gasteiger partial charge in [-0.3, -0.25) is 0 Å². The summed E-state index contributed by atoms with van der Waals surface area (Å²) in [5.41, 5.74) is 21.6. The zero-order valence-corrected chi connectivity index (χ0v) is 36.3. The summed E-state index contributed by atoms with van der Waals surface area (Å²) in [7, 11) is 0. The maximum Gasteiger partial charge on any atom is 0.0714 e. The summed E-state index contributed by atoms with van der Waals surface area (Å²) in [6.07, 6.45) is 2.30. The fourth-order valence-electron chi connectivity index (χ4n) is 11.7. The van der Waals surface area contributed by atoms with Crippen LogP contribution in [0, 0.1) is 0 Å². The number of rotatable bonds is 6. The van der Waals surface area contributed by atoms with Gasteiger partial charge in [-0.25, -0.2) is 0 Å². The first-order chi connectivity index (χ1) is 29.5. The first-order valence-electron chi connectivity index (χ1n) is 22.2. The van der Waals surface area contributed by atoms with E-state index in [1.807, 2.05) is 0 Å². The molecule has 3 aliphatic rings. The van der Waals surface area contributed by atoms with E-state index >= 15 is 0 Å². The van der Waals surface area contributed by atoms with Crippen molar-refractivity contribution in [2.75, 3.05) is 4.90 Å². The molecule has 0 atom stereocenters. The van der Waals surface area contributed by atoms with Crippen molar-refractivity contribution in [2.45, 2.75) is 76.0 Å². The van der Waals surface area contributed by atoms with Crippen molar-refractivity contribution in [1.29, 1.82) is 0 Å². The van der Waals surface area contributed by atoms with Crippen LogP contribution in [0.4, 0.5) is 17.1 Å². The molecule has 0 aromatic heterocycles. The molecule has 0 saturated heterocycles. The number of benzene rings is 8. The van der Waals surface area contributed by atoms with Crippen molar-refractivity contribution in [3.05, 3.63) is 233 Å². The Labute approximate surface area is 362 Å². The van der Waals surface area contributed by atoms with E-state index in [9.17, 15) is 0 Å². The first kappa shape index (κ1) is 37.6. The minimum absolute atomic E-state index is 0.0119. The lowest BCUT2D eigenvalue weighted by Gasteiger charge is -2.43. The largest absolute Gasteiger partial charge is 0.309 e. The molecule has 8 aromatic rings. The van der Waals surface area contributed by atoms with Crippen molar-refractivity contribution in [3.8, 4) is 33.4 Å². The van der Waals surface area contributed by atoms with Crippen LogP contribution in [0.15, 0.2) is 188 Å². The van der Waals surface area contributed by atoms with E-state index in [-0.39, 0.29) is 16.2 Å². The first-order valence-corrected chi connectivity index (χ1v) is 22.2. The molecule has 0 bridgehead atoms. The lowest BCUT2D eigenvalue weighted by Crippen LogP contribution is -2.34. The zero-order chi connectivity index (χ0) is 41.7. The Balaban J connectivity index is 1.32. The molecule has 0 fully saturated rings. The second-order valence-electron chi connectivity index (χ2n) is 19.5. The maximum atomic E-state index is 2.61. The van der Waals surface area contributed by atoms with E-state index in [1.54, 1.807) is 0 Å². The van der Waals surface area contributed by atoms with Gasteiger partial charge in [-0.2, -0.15) is 0 Å². The van der Waals surface area contributed by atoms with Gasteiger partial charge in [0.15, 0.2) is 0 Å². The Morgan fingerprint density at radius 1 is 0.361 bits per heavy atom. The van der Waals surface area contributed by atoms with Gasteiger partial charge in [0.25, 0.3) is 0 Å². The van der Waals surface area contributed by atoms with Gasteiger partial charge in [0.1, 0.15) is 0 Å². The number of nitrogens with zero attached hydrogens (tertiary/aromatic N) is 1. The summed E-state index contributed by atoms with van der Waals surface area (Å²) in [6, 6.07) is 71.2. The topological polar surface area (TPSA) is 3.24 Å². The van der Waals surface area contributed by atoms with E-state index in [2.05, 4.69) is 234 Å². The van der Waals surface area contributed by atoms with Gasteiger partial charge in [-0.05, 0) is 121 Å². The Morgan fingerprint density at radius 3 is 1.57 bits per heavy atom. The maximum absolute atomic E-state index is 2.61. The summed E-state index contributed by atoms with van der Waals surface area (Å²) in [5, 5.41) is 0. The fraction of sp³-hybridized carbons (Fsp3) is 0.200. The molecule has 0 N–H and O–H groups in total. The predicted octanol–water partition coefficient (Wildman–Crippen LogP) is 15.8. The Bertz CT molecular complexity index is 2950. The third-order valence-electron chi connectivity index (χ3n) is 14.8. The minimum Gasteiger partial charge on any atom is -0.309 e. The number of hydrogen-bond donors (Lipinski definition) is 0. The fourth-order valence-corrected chi connectivity index (χ4v) is 11.7. The smallest absolute Gasteiger partial charge is 0.0714 e. The summed E-state index contributed by atoms with van der Waals surface area (Å²) < 4.78 is 0. The van der Waals surface area contributed by atoms with E-state index in [0.29, 0.717) is 0 Å². The highest BCUT2D eigenvalue weighted by atomic mass is 15.1. The number of para-hydroxylation sites is 1. The van der Waals surface area contributed by atoms with Gasteiger partial charge in [0.05, 0.1) is 16.8 Å². The summed E-state index contributed by atoms with van der Waals surface area (Å²) in [6.45, 7) is 14.6. The monoisotopic (exact) mass is 787 g/mol. The molecule has 1 nitrogen and oxygen atoms in total. The molecule has 0 spiro atoms. The van der Waals surface area contributed by atoms with Crippen molar-refractivity contribution in [3.63, 3.8) is 0 Å². The van der Waals surface area contributed by atoms with E-state index in [4.69, 9.17) is 0 Å². The third kappa shape index (κ3) is 5.39. The molecule has 298 valence electrons. The van der Waals surface area contributed by atoms with Crippen LogP contribution >= 0.6 is 0 Å². The third-order valence-corrected chi connectivity index (χ3v) is 14.8. The Kier molecular flexibility index (Phi) is 8.33. The van der Waals surface area contributed by atoms with Gasteiger partial charge in [0, 0.05) is 22.2 Å². The molecule has 0 unspecified atom stereocenters. The van der Waals surface area contributed by atoms with Gasteiger partial charge in [-0.15, -0.1) is 0 Å². The molecule has 0 radical (unpaired) electrons. The Morgan fingerprint density at radius 2 is 0.885 bits per heavy atom. The molecule has 0 saturated carbocycles. The van der Waals surface area contributed by atoms with Crippen LogP contribution < -0.4 is 4.90 Å². The van der Waals surface area contributed by atoms with Crippen LogP contribution in [-0.2, 0) is 21.7 Å². The average Bonchev–Trinajstić information content (AvgIpc) is 3.71. The van der Waals surface area contributed by atoms with E-state index < -0.39 is 5.41 Å². The number of hydrogen-bond acceptors (Lipinski definition) is 1. The standard InChI is InChI=1S/C60H53N/c1-57(2)36-37-58(3,4)56-44(30-20-34-51(56)57)47-38-46-43-28-16-19-32-49(43)60(40-22-10-7-11-23-40,41-24-12-8-13-25-41)52(46)39-54(47)61(42-26-14-9-15-27-42)53-35-21-33-50-55(53)45-29-17-18-31-48(45)59(50,5)6/h7-35,38-39H,36-37H2,1-6H3. The molecule has 0 heterocycles. The van der Waals surface area contributed by atoms with Crippen molar-refractivity contribution in [2.24, 2.45) is 0 Å². The summed E-state index contributed by atoms with van der Waals surface area (Å²) >= 11 is 0. The van der Waals surface area contributed by atoms with Gasteiger partial charge in [-0.1, -0.05) is 199 Å². The van der Waals surface area contributed by atoms with Crippen molar-refractivity contribution >= 4 is 17.1 Å². The van der Waals surface area contributed by atoms with Crippen LogP contribution in [0.3, 0.4) is 0 Å². The molecule has 3 aliphatic carbocycles. The van der Waals surface area contributed by atoms with Crippen LogP contribution in [0.2, 0.25) is 0 Å². The number of anilines is 3. The zero-order valence-electron chi connectivity index (χ0n) is 36.3. The van der Waals surface area contributed by atoms with E-state index in [0.717, 1.165) is 12.1 Å². The molecule has 11 rings (SSSR count). The van der Waals surface area contributed by atoms with Crippen molar-refractivity contribution in [1.82, 2.24) is 0 Å². The van der Waals surface area contributed by atoms with Crippen LogP contribution in [0.5, 0.6) is 0 Å². The minimum atomic E-state index is -0.547. The molecular weight excluding hydrogens is 735 g/mol. The normalized spacial score (nSPS) is 16.8. The highest BCUT2D eigenvalue weighted by molar-refractivity contribution is 6.01. The summed E-state index contributed by atoms with van der Waals surface area (Å²) in [5.74, 6) is 0. The van der Waals surface area contributed by atoms with Gasteiger partial charge < -0.3 is 4.90 Å². The average molecular weight is 788 g/mol. The van der Waals surface area contributed by atoms with Crippen molar-refractivity contribution < 1.29 is 0 Å².